The van der Waals surface area contributed by atoms with Gasteiger partial charge in [0, 0.05) is 17.6 Å². The molecule has 1 fully saturated rings. The minimum atomic E-state index is -0.165. The quantitative estimate of drug-likeness (QED) is 0.809. The maximum atomic E-state index is 13.2. The van der Waals surface area contributed by atoms with Gasteiger partial charge in [-0.05, 0) is 49.1 Å². The molecule has 21 heavy (non-hydrogen) atoms. The average Bonchev–Trinajstić information content (AvgIpc) is 2.51. The molecule has 1 saturated carbocycles. The first-order chi connectivity index (χ1) is 10.2. The van der Waals surface area contributed by atoms with Gasteiger partial charge in [0.2, 0.25) is 0 Å². The largest absolute Gasteiger partial charge is 0.381 e. The summed E-state index contributed by atoms with van der Waals surface area (Å²) in [5, 5.41) is 3.66. The number of nitrogens with one attached hydrogen (secondary N) is 1. The van der Waals surface area contributed by atoms with Gasteiger partial charge in [0.05, 0.1) is 0 Å². The summed E-state index contributed by atoms with van der Waals surface area (Å²) in [6.07, 6.45) is 4.96. The van der Waals surface area contributed by atoms with Crippen LogP contribution in [-0.2, 0) is 0 Å². The monoisotopic (exact) mass is 283 g/mol. The highest BCUT2D eigenvalue weighted by atomic mass is 19.1. The van der Waals surface area contributed by atoms with Crippen molar-refractivity contribution in [2.45, 2.75) is 44.6 Å². The summed E-state index contributed by atoms with van der Waals surface area (Å²) in [6, 6.07) is 16.2. The molecule has 2 aromatic rings. The minimum Gasteiger partial charge on any atom is -0.381 e. The molecular weight excluding hydrogens is 261 g/mol. The Morgan fingerprint density at radius 1 is 1.00 bits per heavy atom. The fourth-order valence-electron chi connectivity index (χ4n) is 3.39. The van der Waals surface area contributed by atoms with Gasteiger partial charge in [-0.25, -0.2) is 4.39 Å². The Balaban J connectivity index is 1.81. The second kappa shape index (κ2) is 6.30. The highest BCUT2D eigenvalue weighted by Gasteiger charge is 2.26. The van der Waals surface area contributed by atoms with Gasteiger partial charge in [-0.1, -0.05) is 43.2 Å². The fraction of sp³-hybridized carbons (Fsp3) is 0.368. The van der Waals surface area contributed by atoms with Gasteiger partial charge in [-0.2, -0.15) is 0 Å². The maximum Gasteiger partial charge on any atom is 0.123 e. The van der Waals surface area contributed by atoms with Gasteiger partial charge in [0.1, 0.15) is 5.82 Å². The summed E-state index contributed by atoms with van der Waals surface area (Å²) in [5.41, 5.74) is 3.45. The van der Waals surface area contributed by atoms with E-state index in [1.807, 2.05) is 13.0 Å². The number of anilines is 1. The molecule has 0 bridgehead atoms. The van der Waals surface area contributed by atoms with E-state index in [1.54, 1.807) is 6.07 Å². The average molecular weight is 283 g/mol. The van der Waals surface area contributed by atoms with E-state index in [-0.39, 0.29) is 5.82 Å². The maximum absolute atomic E-state index is 13.2. The smallest absolute Gasteiger partial charge is 0.123 e. The molecule has 2 atom stereocenters. The molecule has 0 heterocycles. The molecule has 3 rings (SSSR count). The molecule has 1 aliphatic rings. The lowest BCUT2D eigenvalue weighted by Crippen LogP contribution is -2.30. The lowest BCUT2D eigenvalue weighted by Gasteiger charge is -2.33. The number of halogens is 1. The predicted molar refractivity (Wildman–Crippen MR) is 86.2 cm³/mol. The van der Waals surface area contributed by atoms with E-state index in [0.29, 0.717) is 12.0 Å². The Morgan fingerprint density at radius 2 is 1.76 bits per heavy atom. The van der Waals surface area contributed by atoms with Crippen molar-refractivity contribution in [3.63, 3.8) is 0 Å². The van der Waals surface area contributed by atoms with Crippen molar-refractivity contribution >= 4 is 5.69 Å². The minimum absolute atomic E-state index is 0.165. The van der Waals surface area contributed by atoms with Crippen LogP contribution >= 0.6 is 0 Å². The van der Waals surface area contributed by atoms with Crippen LogP contribution < -0.4 is 5.32 Å². The first kappa shape index (κ1) is 14.1. The van der Waals surface area contributed by atoms with Crippen LogP contribution in [-0.4, -0.2) is 6.04 Å². The van der Waals surface area contributed by atoms with Crippen LogP contribution in [0.3, 0.4) is 0 Å². The topological polar surface area (TPSA) is 12.0 Å². The standard InChI is InChI=1S/C19H22FN/c1-14-13-16(20)11-12-18(14)21-19-10-6-5-9-17(19)15-7-3-2-4-8-15/h2-4,7-8,11-13,17,19,21H,5-6,9-10H2,1H3. The molecule has 1 N–H and O–H groups in total. The zero-order chi connectivity index (χ0) is 14.7. The molecule has 1 aliphatic carbocycles. The Labute approximate surface area is 126 Å². The Morgan fingerprint density at radius 3 is 2.52 bits per heavy atom. The number of aryl methyl sites for hydroxylation is 1. The molecule has 0 aromatic heterocycles. The van der Waals surface area contributed by atoms with Crippen LogP contribution in [0.1, 0.15) is 42.7 Å². The summed E-state index contributed by atoms with van der Waals surface area (Å²) in [6.45, 7) is 1.96. The Hall–Kier alpha value is -1.83. The molecule has 2 aromatic carbocycles. The van der Waals surface area contributed by atoms with Crippen molar-refractivity contribution in [1.29, 1.82) is 0 Å². The van der Waals surface area contributed by atoms with Crippen LogP contribution in [0.4, 0.5) is 10.1 Å². The number of benzene rings is 2. The van der Waals surface area contributed by atoms with E-state index in [0.717, 1.165) is 11.3 Å². The van der Waals surface area contributed by atoms with E-state index >= 15 is 0 Å². The summed E-state index contributed by atoms with van der Waals surface area (Å²) < 4.78 is 13.2. The normalized spacial score (nSPS) is 22.0. The van der Waals surface area contributed by atoms with Crippen LogP contribution in [0.2, 0.25) is 0 Å². The first-order valence-electron chi connectivity index (χ1n) is 7.81. The van der Waals surface area contributed by atoms with Crippen molar-refractivity contribution in [3.8, 4) is 0 Å². The second-order valence-electron chi connectivity index (χ2n) is 6.01. The van der Waals surface area contributed by atoms with Crippen molar-refractivity contribution < 1.29 is 4.39 Å². The van der Waals surface area contributed by atoms with Gasteiger partial charge in [0.15, 0.2) is 0 Å². The van der Waals surface area contributed by atoms with E-state index < -0.39 is 0 Å². The van der Waals surface area contributed by atoms with E-state index in [2.05, 4.69) is 35.6 Å². The van der Waals surface area contributed by atoms with Gasteiger partial charge >= 0.3 is 0 Å². The summed E-state index contributed by atoms with van der Waals surface area (Å²) >= 11 is 0. The van der Waals surface area contributed by atoms with Crippen LogP contribution in [0, 0.1) is 12.7 Å². The van der Waals surface area contributed by atoms with Crippen molar-refractivity contribution in [3.05, 3.63) is 65.5 Å². The third kappa shape index (κ3) is 3.26. The summed E-state index contributed by atoms with van der Waals surface area (Å²) in [5.74, 6) is 0.380. The van der Waals surface area contributed by atoms with Gasteiger partial charge in [-0.15, -0.1) is 0 Å². The van der Waals surface area contributed by atoms with Crippen LogP contribution in [0.15, 0.2) is 48.5 Å². The highest BCUT2D eigenvalue weighted by molar-refractivity contribution is 5.52. The predicted octanol–water partition coefficient (Wildman–Crippen LogP) is 5.27. The van der Waals surface area contributed by atoms with Crippen molar-refractivity contribution in [2.24, 2.45) is 0 Å². The third-order valence-corrected chi connectivity index (χ3v) is 4.52. The lowest BCUT2D eigenvalue weighted by molar-refractivity contribution is 0.405. The van der Waals surface area contributed by atoms with Gasteiger partial charge in [-0.3, -0.25) is 0 Å². The first-order valence-corrected chi connectivity index (χ1v) is 7.81. The van der Waals surface area contributed by atoms with E-state index in [1.165, 1.54) is 37.3 Å². The summed E-state index contributed by atoms with van der Waals surface area (Å²) in [7, 11) is 0. The van der Waals surface area contributed by atoms with Crippen molar-refractivity contribution in [2.75, 3.05) is 5.32 Å². The van der Waals surface area contributed by atoms with E-state index in [4.69, 9.17) is 0 Å². The zero-order valence-electron chi connectivity index (χ0n) is 12.5. The Kier molecular flexibility index (Phi) is 4.23. The van der Waals surface area contributed by atoms with Crippen LogP contribution in [0.5, 0.6) is 0 Å². The zero-order valence-corrected chi connectivity index (χ0v) is 12.5. The molecule has 2 unspecified atom stereocenters. The summed E-state index contributed by atoms with van der Waals surface area (Å²) in [4.78, 5) is 0. The third-order valence-electron chi connectivity index (χ3n) is 4.52. The lowest BCUT2D eigenvalue weighted by atomic mass is 9.80. The molecular formula is C19H22FN. The number of hydrogen-bond donors (Lipinski definition) is 1. The van der Waals surface area contributed by atoms with Crippen molar-refractivity contribution in [1.82, 2.24) is 0 Å². The van der Waals surface area contributed by atoms with Gasteiger partial charge < -0.3 is 5.32 Å². The van der Waals surface area contributed by atoms with Gasteiger partial charge in [0.25, 0.3) is 0 Å². The molecule has 110 valence electrons. The SMILES string of the molecule is Cc1cc(F)ccc1NC1CCCCC1c1ccccc1. The Bertz CT molecular complexity index is 594. The molecule has 0 saturated heterocycles. The van der Waals surface area contributed by atoms with E-state index in [9.17, 15) is 4.39 Å². The molecule has 2 heteroatoms. The second-order valence-corrected chi connectivity index (χ2v) is 6.01. The van der Waals surface area contributed by atoms with Crippen LogP contribution in [0.25, 0.3) is 0 Å². The number of rotatable bonds is 3. The molecule has 1 nitrogen and oxygen atoms in total. The molecule has 0 spiro atoms. The highest BCUT2D eigenvalue weighted by Crippen LogP contribution is 2.35. The molecule has 0 radical (unpaired) electrons. The molecule has 0 aliphatic heterocycles. The number of hydrogen-bond acceptors (Lipinski definition) is 1. The fourth-order valence-corrected chi connectivity index (χ4v) is 3.39. The molecule has 0 amide bonds.